The van der Waals surface area contributed by atoms with E-state index in [9.17, 15) is 4.79 Å². The Kier molecular flexibility index (Phi) is 7.34. The molecule has 0 rings (SSSR count). The number of hydrogen-bond acceptors (Lipinski definition) is 3. The maximum absolute atomic E-state index is 10.8. The highest BCUT2D eigenvalue weighted by Crippen LogP contribution is 2.04. The van der Waals surface area contributed by atoms with Gasteiger partial charge in [-0.2, -0.15) is 0 Å². The average Bonchev–Trinajstić information content (AvgIpc) is 2.16. The van der Waals surface area contributed by atoms with Crippen LogP contribution in [0.1, 0.15) is 27.2 Å². The van der Waals surface area contributed by atoms with Crippen LogP contribution in [-0.4, -0.2) is 48.8 Å². The summed E-state index contributed by atoms with van der Waals surface area (Å²) in [6.07, 6.45) is 0.403. The minimum absolute atomic E-state index is 0.439. The van der Waals surface area contributed by atoms with E-state index in [1.807, 2.05) is 18.9 Å². The van der Waals surface area contributed by atoms with Crippen molar-refractivity contribution in [2.24, 2.45) is 5.92 Å². The van der Waals surface area contributed by atoms with Gasteiger partial charge in [0.05, 0.1) is 0 Å². The van der Waals surface area contributed by atoms with Crippen molar-refractivity contribution in [1.82, 2.24) is 4.90 Å². The molecule has 1 N–H and O–H groups in total. The molecule has 2 unspecified atom stereocenters. The van der Waals surface area contributed by atoms with Crippen LogP contribution in [-0.2, 0) is 9.53 Å². The molecule has 0 saturated heterocycles. The first-order chi connectivity index (χ1) is 7.01. The van der Waals surface area contributed by atoms with Crippen LogP contribution < -0.4 is 0 Å². The van der Waals surface area contributed by atoms with Gasteiger partial charge in [0.15, 0.2) is 6.10 Å². The molecule has 0 aliphatic rings. The monoisotopic (exact) mass is 217 g/mol. The Morgan fingerprint density at radius 1 is 1.40 bits per heavy atom. The number of carboxylic acid groups (broad SMARTS) is 1. The molecule has 0 aromatic carbocycles. The Morgan fingerprint density at radius 3 is 2.40 bits per heavy atom. The summed E-state index contributed by atoms with van der Waals surface area (Å²) in [6.45, 7) is 7.91. The summed E-state index contributed by atoms with van der Waals surface area (Å²) < 4.78 is 5.15. The molecule has 0 bridgehead atoms. The molecule has 0 amide bonds. The van der Waals surface area contributed by atoms with Gasteiger partial charge in [-0.25, -0.2) is 4.79 Å². The lowest BCUT2D eigenvalue weighted by Crippen LogP contribution is -2.38. The van der Waals surface area contributed by atoms with Crippen molar-refractivity contribution in [2.75, 3.05) is 26.7 Å². The number of aliphatic carboxylic acids is 1. The van der Waals surface area contributed by atoms with Gasteiger partial charge in [0, 0.05) is 19.7 Å². The molecule has 0 radical (unpaired) electrons. The third-order valence-corrected chi connectivity index (χ3v) is 2.44. The van der Waals surface area contributed by atoms with Gasteiger partial charge in [-0.15, -0.1) is 0 Å². The fraction of sp³-hybridized carbons (Fsp3) is 0.909. The maximum Gasteiger partial charge on any atom is 0.334 e. The lowest BCUT2D eigenvalue weighted by molar-refractivity contribution is -0.151. The lowest BCUT2D eigenvalue weighted by atomic mass is 10.1. The fourth-order valence-electron chi connectivity index (χ4n) is 1.42. The van der Waals surface area contributed by atoms with Gasteiger partial charge in [0.2, 0.25) is 0 Å². The number of ether oxygens (including phenoxy) is 1. The van der Waals surface area contributed by atoms with Crippen molar-refractivity contribution in [2.45, 2.75) is 33.3 Å². The Labute approximate surface area is 92.2 Å². The number of likely N-dealkylation sites (N-methyl/N-ethyl adjacent to an activating group) is 1. The Morgan fingerprint density at radius 2 is 2.00 bits per heavy atom. The van der Waals surface area contributed by atoms with E-state index in [-0.39, 0.29) is 0 Å². The standard InChI is InChI=1S/C11H23NO3/c1-5-9(3)7-12(4)8-10(11(13)14)15-6-2/h9-10H,5-8H2,1-4H3,(H,13,14). The summed E-state index contributed by atoms with van der Waals surface area (Å²) in [6, 6.07) is 0. The summed E-state index contributed by atoms with van der Waals surface area (Å²) in [7, 11) is 1.93. The van der Waals surface area contributed by atoms with Gasteiger partial charge in [-0.05, 0) is 19.9 Å². The number of nitrogens with zero attached hydrogens (tertiary/aromatic N) is 1. The summed E-state index contributed by atoms with van der Waals surface area (Å²) in [4.78, 5) is 12.8. The van der Waals surface area contributed by atoms with Gasteiger partial charge < -0.3 is 14.7 Å². The quantitative estimate of drug-likeness (QED) is 0.668. The minimum Gasteiger partial charge on any atom is -0.479 e. The van der Waals surface area contributed by atoms with E-state index < -0.39 is 12.1 Å². The molecule has 0 spiro atoms. The lowest BCUT2D eigenvalue weighted by Gasteiger charge is -2.23. The zero-order chi connectivity index (χ0) is 11.8. The number of hydrogen-bond donors (Lipinski definition) is 1. The summed E-state index contributed by atoms with van der Waals surface area (Å²) in [5.74, 6) is -0.293. The van der Waals surface area contributed by atoms with E-state index in [0.717, 1.165) is 13.0 Å². The minimum atomic E-state index is -0.882. The maximum atomic E-state index is 10.8. The van der Waals surface area contributed by atoms with Gasteiger partial charge >= 0.3 is 5.97 Å². The molecule has 2 atom stereocenters. The highest BCUT2D eigenvalue weighted by molar-refractivity contribution is 5.72. The number of carbonyl (C=O) groups is 1. The normalized spacial score (nSPS) is 15.3. The zero-order valence-electron chi connectivity index (χ0n) is 10.2. The van der Waals surface area contributed by atoms with Crippen molar-refractivity contribution < 1.29 is 14.6 Å². The van der Waals surface area contributed by atoms with Crippen LogP contribution in [0.4, 0.5) is 0 Å². The van der Waals surface area contributed by atoms with Gasteiger partial charge in [-0.1, -0.05) is 20.3 Å². The van der Waals surface area contributed by atoms with Crippen molar-refractivity contribution in [3.63, 3.8) is 0 Å². The molecular formula is C11H23NO3. The van der Waals surface area contributed by atoms with Crippen molar-refractivity contribution in [3.05, 3.63) is 0 Å². The molecule has 0 aliphatic heterocycles. The molecule has 15 heavy (non-hydrogen) atoms. The van der Waals surface area contributed by atoms with E-state index in [0.29, 0.717) is 19.1 Å². The zero-order valence-corrected chi connectivity index (χ0v) is 10.2. The topological polar surface area (TPSA) is 49.8 Å². The van der Waals surface area contributed by atoms with Crippen LogP contribution in [0.25, 0.3) is 0 Å². The second kappa shape index (κ2) is 7.65. The van der Waals surface area contributed by atoms with Crippen LogP contribution in [0.15, 0.2) is 0 Å². The highest BCUT2D eigenvalue weighted by atomic mass is 16.5. The molecule has 0 saturated carbocycles. The van der Waals surface area contributed by atoms with E-state index >= 15 is 0 Å². The predicted molar refractivity (Wildman–Crippen MR) is 60.0 cm³/mol. The van der Waals surface area contributed by atoms with E-state index in [1.54, 1.807) is 0 Å². The molecule has 0 aliphatic carbocycles. The second-order valence-electron chi connectivity index (χ2n) is 4.02. The van der Waals surface area contributed by atoms with E-state index in [4.69, 9.17) is 9.84 Å². The summed E-state index contributed by atoms with van der Waals surface area (Å²) >= 11 is 0. The van der Waals surface area contributed by atoms with E-state index in [1.165, 1.54) is 0 Å². The molecule has 0 fully saturated rings. The fourth-order valence-corrected chi connectivity index (χ4v) is 1.42. The summed E-state index contributed by atoms with van der Waals surface area (Å²) in [5.41, 5.74) is 0. The first-order valence-electron chi connectivity index (χ1n) is 5.54. The molecule has 90 valence electrons. The van der Waals surface area contributed by atoms with Gasteiger partial charge in [-0.3, -0.25) is 0 Å². The van der Waals surface area contributed by atoms with Crippen molar-refractivity contribution in [3.8, 4) is 0 Å². The Bertz CT molecular complexity index is 185. The van der Waals surface area contributed by atoms with Crippen LogP contribution in [0.2, 0.25) is 0 Å². The van der Waals surface area contributed by atoms with Crippen molar-refractivity contribution >= 4 is 5.97 Å². The molecule has 0 heterocycles. The third kappa shape index (κ3) is 6.47. The molecule has 0 aromatic heterocycles. The molecule has 4 heteroatoms. The van der Waals surface area contributed by atoms with Gasteiger partial charge in [0.25, 0.3) is 0 Å². The van der Waals surface area contributed by atoms with Crippen LogP contribution in [0, 0.1) is 5.92 Å². The number of carboxylic acids is 1. The Balaban J connectivity index is 3.99. The molecule has 0 aromatic rings. The highest BCUT2D eigenvalue weighted by Gasteiger charge is 2.19. The van der Waals surface area contributed by atoms with E-state index in [2.05, 4.69) is 13.8 Å². The van der Waals surface area contributed by atoms with Crippen LogP contribution in [0.5, 0.6) is 0 Å². The first kappa shape index (κ1) is 14.4. The average molecular weight is 217 g/mol. The summed E-state index contributed by atoms with van der Waals surface area (Å²) in [5, 5.41) is 8.89. The van der Waals surface area contributed by atoms with Gasteiger partial charge in [0.1, 0.15) is 0 Å². The smallest absolute Gasteiger partial charge is 0.334 e. The predicted octanol–water partition coefficient (Wildman–Crippen LogP) is 1.45. The SMILES string of the molecule is CCOC(CN(C)CC(C)CC)C(=O)O. The largest absolute Gasteiger partial charge is 0.479 e. The number of rotatable bonds is 8. The first-order valence-corrected chi connectivity index (χ1v) is 5.54. The molecule has 4 nitrogen and oxygen atoms in total. The van der Waals surface area contributed by atoms with Crippen LogP contribution in [0.3, 0.4) is 0 Å². The van der Waals surface area contributed by atoms with Crippen LogP contribution >= 0.6 is 0 Å². The Hall–Kier alpha value is -0.610. The van der Waals surface area contributed by atoms with Crippen molar-refractivity contribution in [1.29, 1.82) is 0 Å². The third-order valence-electron chi connectivity index (χ3n) is 2.44. The second-order valence-corrected chi connectivity index (χ2v) is 4.02. The molecular weight excluding hydrogens is 194 g/mol.